The lowest BCUT2D eigenvalue weighted by Gasteiger charge is -2.39. The maximum absolute atomic E-state index is 7.36. The van der Waals surface area contributed by atoms with Crippen molar-refractivity contribution in [2.24, 2.45) is 0 Å². The van der Waals surface area contributed by atoms with Crippen molar-refractivity contribution in [2.45, 2.75) is 0 Å². The summed E-state index contributed by atoms with van der Waals surface area (Å²) in [5, 5.41) is 7.59. The molecule has 0 aliphatic heterocycles. The van der Waals surface area contributed by atoms with Crippen molar-refractivity contribution in [1.82, 2.24) is 4.98 Å². The van der Waals surface area contributed by atoms with Crippen LogP contribution in [0.4, 0.5) is 17.1 Å². The third kappa shape index (κ3) is 6.12. The molecule has 27 heteroatoms. The number of hydrogen-bond donors (Lipinski definition) is 0. The zero-order chi connectivity index (χ0) is 47.4. The Morgan fingerprint density at radius 3 is 0.953 bits per heavy atom. The van der Waals surface area contributed by atoms with Gasteiger partial charge in [-0.25, -0.2) is 4.98 Å². The molecule has 0 aliphatic rings. The number of oxazole rings is 1. The first-order valence-corrected chi connectivity index (χ1v) is 23.5. The summed E-state index contributed by atoms with van der Waals surface area (Å²) in [6.45, 7) is 0. The zero-order valence-electron chi connectivity index (χ0n) is 43.8. The third-order valence-corrected chi connectivity index (χ3v) is 17.9. The van der Waals surface area contributed by atoms with Crippen LogP contribution in [0.1, 0.15) is 0 Å². The van der Waals surface area contributed by atoms with E-state index in [4.69, 9.17) is 9.40 Å². The average molecular weight is 796 g/mol. The van der Waals surface area contributed by atoms with E-state index < -0.39 is 0 Å². The van der Waals surface area contributed by atoms with Crippen LogP contribution in [0, 0.1) is 0 Å². The summed E-state index contributed by atoms with van der Waals surface area (Å²) in [6, 6.07) is 0. The van der Waals surface area contributed by atoms with E-state index in [2.05, 4.69) is 193 Å². The third-order valence-electron chi connectivity index (χ3n) is 17.9. The molecule has 0 radical (unpaired) electrons. The first-order valence-electron chi connectivity index (χ1n) is 23.5. The monoisotopic (exact) mass is 801 g/mol. The SMILES string of the molecule is Bc1c(B)c(B)c(-c2nc3c(o2)c2c(B)c(B)c(B)c(B)c2c2c(B)c(B)c4c(B)c(B)c(N(c5c(B)c(B)c(B)c(B)c5B)c5c(B)c(B)c(B)c(B)c5B)c(B)c4c32)c(B)c1B. The van der Waals surface area contributed by atoms with Crippen molar-refractivity contribution in [2.75, 3.05) is 4.90 Å². The summed E-state index contributed by atoms with van der Waals surface area (Å²) in [5.41, 5.74) is 38.5. The highest BCUT2D eigenvalue weighted by atomic mass is 16.3. The van der Waals surface area contributed by atoms with E-state index in [1.54, 1.807) is 0 Å². The summed E-state index contributed by atoms with van der Waals surface area (Å²) >= 11 is 0. The van der Waals surface area contributed by atoms with E-state index in [9.17, 15) is 0 Å². The smallest absolute Gasteiger partial charge is 0.226 e. The Morgan fingerprint density at radius 2 is 0.516 bits per heavy atom. The fourth-order valence-corrected chi connectivity index (χ4v) is 12.0. The molecule has 0 aliphatic carbocycles. The number of anilines is 3. The molecule has 8 aromatic rings. The summed E-state index contributed by atoms with van der Waals surface area (Å²) in [6.07, 6.45) is 0. The van der Waals surface area contributed by atoms with Crippen LogP contribution in [0.15, 0.2) is 4.42 Å². The van der Waals surface area contributed by atoms with Crippen LogP contribution in [0.2, 0.25) is 0 Å². The maximum Gasteiger partial charge on any atom is 0.226 e. The molecule has 1 aromatic heterocycles. The van der Waals surface area contributed by atoms with Gasteiger partial charge >= 0.3 is 0 Å². The van der Waals surface area contributed by atoms with Gasteiger partial charge in [0.25, 0.3) is 0 Å². The maximum atomic E-state index is 7.36. The molecule has 0 N–H and O–H groups in total. The molecule has 0 saturated carbocycles. The first kappa shape index (κ1) is 46.7. The fourth-order valence-electron chi connectivity index (χ4n) is 12.0. The highest BCUT2D eigenvalue weighted by Crippen LogP contribution is 2.38. The molecular formula is C37H48B24N2O. The Bertz CT molecular complexity index is 3360. The number of nitrogens with zero attached hydrogens (tertiary/aromatic N) is 2. The second kappa shape index (κ2) is 15.9. The van der Waals surface area contributed by atoms with Gasteiger partial charge in [-0.15, -0.1) is 38.2 Å². The molecule has 284 valence electrons. The van der Waals surface area contributed by atoms with Crippen LogP contribution in [0.25, 0.3) is 54.9 Å². The lowest BCUT2D eigenvalue weighted by atomic mass is 9.59. The number of aromatic nitrogens is 1. The van der Waals surface area contributed by atoms with Gasteiger partial charge in [0.2, 0.25) is 5.89 Å². The minimum atomic E-state index is 0.712. The molecule has 8 rings (SSSR count). The van der Waals surface area contributed by atoms with Gasteiger partial charge in [-0.05, 0) is 21.5 Å². The minimum absolute atomic E-state index is 0.712. The summed E-state index contributed by atoms with van der Waals surface area (Å²) in [4.78, 5) is 8.47. The molecule has 0 bridgehead atoms. The van der Waals surface area contributed by atoms with Crippen molar-refractivity contribution >= 4 is 380 Å². The van der Waals surface area contributed by atoms with Crippen LogP contribution in [0.3, 0.4) is 0 Å². The molecule has 0 amide bonds. The standard InChI is InChI=1S/C37H48B24N2O/c38-8-1-2-6(12(42)17(47)16(46)9(2)39)36-32(62-37(64-36)7-13(43)18(48)20(50)19(49)14(7)44)4(1)3-5(10(8)40)11(41)27(57)33(15(3)45)63(34-28(58)23(53)21(51)24(54)29(34)59)35-30(60)25(55)22(52)26(56)31(35)61/h38-61H2. The van der Waals surface area contributed by atoms with Gasteiger partial charge in [0, 0.05) is 33.4 Å². The fraction of sp³-hybridized carbons (Fsp3) is 0. The topological polar surface area (TPSA) is 29.3 Å². The number of hydrogen-bond acceptors (Lipinski definition) is 3. The molecule has 64 heavy (non-hydrogen) atoms. The Balaban J connectivity index is 1.72. The number of rotatable bonds is 4. The van der Waals surface area contributed by atoms with Crippen LogP contribution in [0.5, 0.6) is 0 Å². The van der Waals surface area contributed by atoms with Crippen molar-refractivity contribution in [3.8, 4) is 11.5 Å². The largest absolute Gasteiger partial charge is 0.435 e. The Morgan fingerprint density at radius 1 is 0.250 bits per heavy atom. The van der Waals surface area contributed by atoms with Gasteiger partial charge in [0.1, 0.15) is 194 Å². The molecule has 0 spiro atoms. The second-order valence-corrected chi connectivity index (χ2v) is 20.2. The summed E-state index contributed by atoms with van der Waals surface area (Å²) in [5.74, 6) is 0.712. The number of fused-ring (bicyclic) bond motifs is 8. The molecule has 1 heterocycles. The van der Waals surface area contributed by atoms with E-state index in [0.29, 0.717) is 5.89 Å². The molecular weight excluding hydrogens is 748 g/mol. The molecule has 0 atom stereocenters. The quantitative estimate of drug-likeness (QED) is 0.131. The van der Waals surface area contributed by atoms with E-state index in [0.717, 1.165) is 16.7 Å². The highest BCUT2D eigenvalue weighted by Gasteiger charge is 2.31. The van der Waals surface area contributed by atoms with Gasteiger partial charge in [0.15, 0.2) is 5.58 Å². The van der Waals surface area contributed by atoms with Gasteiger partial charge in [0.05, 0.1) is 0 Å². The Hall–Kier alpha value is -3.85. The van der Waals surface area contributed by atoms with E-state index >= 15 is 0 Å². The lowest BCUT2D eigenvalue weighted by Crippen LogP contribution is -2.60. The Labute approximate surface area is 403 Å². The van der Waals surface area contributed by atoms with Crippen LogP contribution in [-0.4, -0.2) is 193 Å². The zero-order valence-corrected chi connectivity index (χ0v) is 43.8. The second-order valence-electron chi connectivity index (χ2n) is 20.2. The van der Waals surface area contributed by atoms with Gasteiger partial charge in [-0.1, -0.05) is 92.9 Å². The molecule has 3 nitrogen and oxygen atoms in total. The summed E-state index contributed by atoms with van der Waals surface area (Å²) < 4.78 is 7.36. The molecule has 7 aromatic carbocycles. The van der Waals surface area contributed by atoms with Crippen LogP contribution in [-0.2, 0) is 0 Å². The molecule has 0 saturated heterocycles. The minimum Gasteiger partial charge on any atom is -0.435 e. The summed E-state index contributed by atoms with van der Waals surface area (Å²) in [7, 11) is 55.5. The van der Waals surface area contributed by atoms with Gasteiger partial charge < -0.3 is 9.32 Å². The van der Waals surface area contributed by atoms with Crippen molar-refractivity contribution in [3.05, 3.63) is 0 Å². The van der Waals surface area contributed by atoms with E-state index in [1.807, 2.05) is 0 Å². The normalized spacial score (nSPS) is 11.7. The Kier molecular flexibility index (Phi) is 11.6. The molecule has 0 fully saturated rings. The van der Waals surface area contributed by atoms with Crippen LogP contribution < -0.4 is 136 Å². The number of benzene rings is 7. The van der Waals surface area contributed by atoms with Gasteiger partial charge in [-0.2, -0.15) is 0 Å². The van der Waals surface area contributed by atoms with Gasteiger partial charge in [-0.3, -0.25) is 0 Å². The van der Waals surface area contributed by atoms with Crippen molar-refractivity contribution in [3.63, 3.8) is 0 Å². The van der Waals surface area contributed by atoms with Crippen molar-refractivity contribution < 1.29 is 4.42 Å². The first-order chi connectivity index (χ1) is 29.8. The van der Waals surface area contributed by atoms with Crippen LogP contribution >= 0.6 is 0 Å². The highest BCUT2D eigenvalue weighted by molar-refractivity contribution is 6.76. The van der Waals surface area contributed by atoms with E-state index in [1.165, 1.54) is 180 Å². The lowest BCUT2D eigenvalue weighted by molar-refractivity contribution is 0.624. The average Bonchev–Trinajstić information content (AvgIpc) is 3.70. The van der Waals surface area contributed by atoms with Crippen molar-refractivity contribution in [1.29, 1.82) is 0 Å². The predicted octanol–water partition coefficient (Wildman–Crippen LogP) is -31.4. The van der Waals surface area contributed by atoms with E-state index in [-0.39, 0.29) is 0 Å². The molecule has 0 unspecified atom stereocenters. The predicted molar refractivity (Wildman–Crippen MR) is 363 cm³/mol.